The van der Waals surface area contributed by atoms with Gasteiger partial charge < -0.3 is 4.74 Å². The second-order valence-electron chi connectivity index (χ2n) is 8.02. The summed E-state index contributed by atoms with van der Waals surface area (Å²) < 4.78 is 7.90. The number of fused-ring (bicyclic) bond motifs is 1. The summed E-state index contributed by atoms with van der Waals surface area (Å²) in [4.78, 5) is 20.1. The molecule has 1 aliphatic rings. The molecule has 0 bridgehead atoms. The van der Waals surface area contributed by atoms with Crippen LogP contribution in [-0.2, 0) is 11.2 Å². The molecule has 1 atom stereocenters. The molecule has 1 aromatic heterocycles. The molecule has 1 fully saturated rings. The van der Waals surface area contributed by atoms with E-state index >= 15 is 0 Å². The Balaban J connectivity index is 1.41. The number of rotatable bonds is 6. The summed E-state index contributed by atoms with van der Waals surface area (Å²) in [6.45, 7) is 1.28. The van der Waals surface area contributed by atoms with Crippen LogP contribution in [0.4, 0.5) is 5.13 Å². The summed E-state index contributed by atoms with van der Waals surface area (Å²) in [6.07, 6.45) is 2.90. The van der Waals surface area contributed by atoms with Crippen molar-refractivity contribution < 1.29 is 9.53 Å². The zero-order valence-corrected chi connectivity index (χ0v) is 19.9. The number of anilines is 1. The minimum atomic E-state index is -0.0371. The number of ether oxygens (including phenoxy) is 1. The van der Waals surface area contributed by atoms with Gasteiger partial charge in [0, 0.05) is 16.6 Å². The standard InChI is InChI=1S/C26H23BrN2O2S/c27-21-12-13-23-24(16-21)32-26(28-23)29(17-22-7-4-14-31-22)25(30)20-10-8-19(9-11-20)15-18-5-2-1-3-6-18/h1-3,5-6,8-13,16,22H,4,7,14-15,17H2. The molecule has 4 aromatic rings. The minimum Gasteiger partial charge on any atom is -0.376 e. The number of halogens is 1. The number of aromatic nitrogens is 1. The van der Waals surface area contributed by atoms with Gasteiger partial charge in [-0.2, -0.15) is 0 Å². The van der Waals surface area contributed by atoms with Crippen LogP contribution < -0.4 is 4.90 Å². The Morgan fingerprint density at radius 3 is 2.59 bits per heavy atom. The molecule has 1 saturated heterocycles. The van der Waals surface area contributed by atoms with E-state index in [9.17, 15) is 4.79 Å². The van der Waals surface area contributed by atoms with E-state index in [1.165, 1.54) is 22.5 Å². The number of amides is 1. The molecule has 0 saturated carbocycles. The lowest BCUT2D eigenvalue weighted by Crippen LogP contribution is -2.37. The highest BCUT2D eigenvalue weighted by molar-refractivity contribution is 9.10. The van der Waals surface area contributed by atoms with Crippen molar-refractivity contribution in [2.45, 2.75) is 25.4 Å². The fourth-order valence-electron chi connectivity index (χ4n) is 3.99. The number of carbonyl (C=O) groups excluding carboxylic acids is 1. The molecule has 162 valence electrons. The van der Waals surface area contributed by atoms with E-state index in [1.807, 2.05) is 60.7 Å². The van der Waals surface area contributed by atoms with Crippen molar-refractivity contribution in [2.75, 3.05) is 18.1 Å². The van der Waals surface area contributed by atoms with Crippen LogP contribution in [0.3, 0.4) is 0 Å². The predicted octanol–water partition coefficient (Wildman–Crippen LogP) is 6.48. The zero-order chi connectivity index (χ0) is 21.9. The van der Waals surface area contributed by atoms with E-state index in [1.54, 1.807) is 4.90 Å². The Kier molecular flexibility index (Phi) is 6.35. The van der Waals surface area contributed by atoms with Crippen LogP contribution in [0.1, 0.15) is 34.3 Å². The summed E-state index contributed by atoms with van der Waals surface area (Å²) in [7, 11) is 0. The summed E-state index contributed by atoms with van der Waals surface area (Å²) >= 11 is 5.06. The quantitative estimate of drug-likeness (QED) is 0.300. The zero-order valence-electron chi connectivity index (χ0n) is 17.5. The monoisotopic (exact) mass is 506 g/mol. The van der Waals surface area contributed by atoms with Crippen molar-refractivity contribution in [3.8, 4) is 0 Å². The fourth-order valence-corrected chi connectivity index (χ4v) is 5.52. The molecular formula is C26H23BrN2O2S. The average molecular weight is 507 g/mol. The fraction of sp³-hybridized carbons (Fsp3) is 0.231. The molecule has 0 N–H and O–H groups in total. The first-order valence-electron chi connectivity index (χ1n) is 10.8. The van der Waals surface area contributed by atoms with Gasteiger partial charge in [-0.1, -0.05) is 69.7 Å². The number of hydrogen-bond donors (Lipinski definition) is 0. The van der Waals surface area contributed by atoms with Crippen LogP contribution in [0.25, 0.3) is 10.2 Å². The number of thiazole rings is 1. The van der Waals surface area contributed by atoms with Gasteiger partial charge in [0.25, 0.3) is 5.91 Å². The molecule has 5 rings (SSSR count). The summed E-state index contributed by atoms with van der Waals surface area (Å²) in [6, 6.07) is 24.3. The van der Waals surface area contributed by atoms with Gasteiger partial charge in [-0.15, -0.1) is 0 Å². The summed E-state index contributed by atoms with van der Waals surface area (Å²) in [5, 5.41) is 0.715. The van der Waals surface area contributed by atoms with E-state index in [0.717, 1.165) is 40.6 Å². The molecule has 2 heterocycles. The van der Waals surface area contributed by atoms with Crippen LogP contribution in [-0.4, -0.2) is 30.1 Å². The van der Waals surface area contributed by atoms with Crippen molar-refractivity contribution in [1.29, 1.82) is 0 Å². The maximum atomic E-state index is 13.6. The Morgan fingerprint density at radius 1 is 1.06 bits per heavy atom. The molecule has 0 spiro atoms. The third kappa shape index (κ3) is 4.77. The Hall–Kier alpha value is -2.54. The molecular weight excluding hydrogens is 484 g/mol. The van der Waals surface area contributed by atoms with Crippen molar-refractivity contribution in [3.05, 3.63) is 94.0 Å². The number of benzene rings is 3. The molecule has 1 aliphatic heterocycles. The molecule has 1 amide bonds. The summed E-state index contributed by atoms with van der Waals surface area (Å²) in [5.74, 6) is -0.0371. The molecule has 0 radical (unpaired) electrons. The molecule has 4 nitrogen and oxygen atoms in total. The van der Waals surface area contributed by atoms with E-state index in [2.05, 4.69) is 28.1 Å². The lowest BCUT2D eigenvalue weighted by molar-refractivity contribution is 0.0917. The Bertz CT molecular complexity index is 1220. The second-order valence-corrected chi connectivity index (χ2v) is 9.94. The van der Waals surface area contributed by atoms with Gasteiger partial charge in [-0.05, 0) is 60.7 Å². The topological polar surface area (TPSA) is 42.4 Å². The van der Waals surface area contributed by atoms with Crippen molar-refractivity contribution in [2.24, 2.45) is 0 Å². The van der Waals surface area contributed by atoms with Gasteiger partial charge in [-0.3, -0.25) is 9.69 Å². The predicted molar refractivity (Wildman–Crippen MR) is 134 cm³/mol. The molecule has 1 unspecified atom stereocenters. The van der Waals surface area contributed by atoms with Crippen molar-refractivity contribution in [3.63, 3.8) is 0 Å². The van der Waals surface area contributed by atoms with Gasteiger partial charge in [0.05, 0.1) is 22.9 Å². The SMILES string of the molecule is O=C(c1ccc(Cc2ccccc2)cc1)N(CC1CCCO1)c1nc2ccc(Br)cc2s1. The molecule has 32 heavy (non-hydrogen) atoms. The van der Waals surface area contributed by atoms with Crippen LogP contribution in [0.2, 0.25) is 0 Å². The van der Waals surface area contributed by atoms with Gasteiger partial charge in [0.1, 0.15) is 0 Å². The Morgan fingerprint density at radius 2 is 1.84 bits per heavy atom. The first kappa shape index (κ1) is 21.3. The third-order valence-electron chi connectivity index (χ3n) is 5.68. The van der Waals surface area contributed by atoms with Gasteiger partial charge >= 0.3 is 0 Å². The highest BCUT2D eigenvalue weighted by Gasteiger charge is 2.27. The Labute approximate surface area is 200 Å². The van der Waals surface area contributed by atoms with Gasteiger partial charge in [0.15, 0.2) is 5.13 Å². The summed E-state index contributed by atoms with van der Waals surface area (Å²) in [5.41, 5.74) is 4.01. The highest BCUT2D eigenvalue weighted by atomic mass is 79.9. The second kappa shape index (κ2) is 9.53. The van der Waals surface area contributed by atoms with Crippen molar-refractivity contribution in [1.82, 2.24) is 4.98 Å². The van der Waals surface area contributed by atoms with E-state index in [0.29, 0.717) is 17.2 Å². The normalized spacial score (nSPS) is 15.8. The maximum Gasteiger partial charge on any atom is 0.260 e. The third-order valence-corrected chi connectivity index (χ3v) is 7.21. The molecule has 6 heteroatoms. The van der Waals surface area contributed by atoms with Gasteiger partial charge in [0.2, 0.25) is 0 Å². The van der Waals surface area contributed by atoms with E-state index in [4.69, 9.17) is 9.72 Å². The maximum absolute atomic E-state index is 13.6. The minimum absolute atomic E-state index is 0.0371. The number of hydrogen-bond acceptors (Lipinski definition) is 4. The lowest BCUT2D eigenvalue weighted by Gasteiger charge is -2.23. The first-order valence-corrected chi connectivity index (χ1v) is 12.4. The van der Waals surface area contributed by atoms with Crippen LogP contribution in [0, 0.1) is 0 Å². The van der Waals surface area contributed by atoms with Crippen LogP contribution in [0.15, 0.2) is 77.3 Å². The van der Waals surface area contributed by atoms with Crippen LogP contribution in [0.5, 0.6) is 0 Å². The molecule has 0 aliphatic carbocycles. The van der Waals surface area contributed by atoms with Crippen LogP contribution >= 0.6 is 27.3 Å². The largest absolute Gasteiger partial charge is 0.376 e. The number of nitrogens with zero attached hydrogens (tertiary/aromatic N) is 2. The van der Waals surface area contributed by atoms with E-state index < -0.39 is 0 Å². The average Bonchev–Trinajstić information content (AvgIpc) is 3.47. The lowest BCUT2D eigenvalue weighted by atomic mass is 10.0. The van der Waals surface area contributed by atoms with E-state index in [-0.39, 0.29) is 12.0 Å². The van der Waals surface area contributed by atoms with Gasteiger partial charge in [-0.25, -0.2) is 4.98 Å². The number of carbonyl (C=O) groups is 1. The highest BCUT2D eigenvalue weighted by Crippen LogP contribution is 2.32. The first-order chi connectivity index (χ1) is 15.7. The van der Waals surface area contributed by atoms with Crippen molar-refractivity contribution >= 4 is 48.5 Å². The smallest absolute Gasteiger partial charge is 0.260 e. The molecule has 3 aromatic carbocycles.